The summed E-state index contributed by atoms with van der Waals surface area (Å²) in [6.45, 7) is 7.35. The fourth-order valence-corrected chi connectivity index (χ4v) is 2.25. The largest absolute Gasteiger partial charge is 0.444 e. The van der Waals surface area contributed by atoms with Crippen molar-refractivity contribution in [1.29, 1.82) is 5.26 Å². The van der Waals surface area contributed by atoms with Gasteiger partial charge in [0, 0.05) is 26.2 Å². The normalized spacial score (nSPS) is 15.7. The summed E-state index contributed by atoms with van der Waals surface area (Å²) in [5, 5.41) is 12.7. The molecule has 0 spiro atoms. The van der Waals surface area contributed by atoms with E-state index < -0.39 is 5.60 Å². The highest BCUT2D eigenvalue weighted by Gasteiger charge is 2.26. The third kappa shape index (κ3) is 4.45. The van der Waals surface area contributed by atoms with Gasteiger partial charge in [0.2, 0.25) is 0 Å². The Kier molecular flexibility index (Phi) is 4.89. The lowest BCUT2D eigenvalue weighted by Crippen LogP contribution is -2.41. The van der Waals surface area contributed by atoms with E-state index in [4.69, 9.17) is 10.00 Å². The van der Waals surface area contributed by atoms with Crippen molar-refractivity contribution in [2.75, 3.05) is 26.2 Å². The minimum absolute atomic E-state index is 0.294. The standard InChI is InChI=1S/C15H21N5O3/c1-15(2,3)23-14(22)19-6-4-5-18(7-8-19)13(21)20-11-12(9-16)10-17-20/h10-11H,4-8H2,1-3H3. The Morgan fingerprint density at radius 1 is 1.22 bits per heavy atom. The van der Waals surface area contributed by atoms with Crippen LogP contribution in [0.3, 0.4) is 0 Å². The molecule has 1 aromatic rings. The van der Waals surface area contributed by atoms with Crippen LogP contribution in [0, 0.1) is 11.3 Å². The van der Waals surface area contributed by atoms with Crippen molar-refractivity contribution in [3.8, 4) is 6.07 Å². The van der Waals surface area contributed by atoms with Gasteiger partial charge in [-0.1, -0.05) is 0 Å². The van der Waals surface area contributed by atoms with Gasteiger partial charge in [0.1, 0.15) is 11.7 Å². The molecule has 2 rings (SSSR count). The van der Waals surface area contributed by atoms with Gasteiger partial charge in [0.15, 0.2) is 0 Å². The van der Waals surface area contributed by atoms with Crippen molar-refractivity contribution < 1.29 is 14.3 Å². The Bertz CT molecular complexity index is 626. The van der Waals surface area contributed by atoms with Crippen LogP contribution in [0.5, 0.6) is 0 Å². The molecule has 8 heteroatoms. The summed E-state index contributed by atoms with van der Waals surface area (Å²) in [4.78, 5) is 27.7. The predicted molar refractivity (Wildman–Crippen MR) is 81.7 cm³/mol. The summed E-state index contributed by atoms with van der Waals surface area (Å²) in [7, 11) is 0. The molecule has 1 fully saturated rings. The van der Waals surface area contributed by atoms with E-state index in [1.54, 1.807) is 9.80 Å². The first-order valence-corrected chi connectivity index (χ1v) is 7.52. The number of carbonyl (C=O) groups is 2. The molecule has 8 nitrogen and oxygen atoms in total. The topological polar surface area (TPSA) is 91.5 Å². The number of nitriles is 1. The minimum Gasteiger partial charge on any atom is -0.444 e. The lowest BCUT2D eigenvalue weighted by atomic mass is 10.2. The van der Waals surface area contributed by atoms with Crippen LogP contribution in [-0.4, -0.2) is 63.5 Å². The Labute approximate surface area is 135 Å². The van der Waals surface area contributed by atoms with Gasteiger partial charge in [-0.2, -0.15) is 15.0 Å². The van der Waals surface area contributed by atoms with Crippen molar-refractivity contribution >= 4 is 12.1 Å². The first kappa shape index (κ1) is 16.8. The van der Waals surface area contributed by atoms with E-state index in [1.807, 2.05) is 26.8 Å². The molecule has 0 saturated carbocycles. The maximum Gasteiger partial charge on any atom is 0.410 e. The Morgan fingerprint density at radius 2 is 1.87 bits per heavy atom. The van der Waals surface area contributed by atoms with Crippen LogP contribution in [0.2, 0.25) is 0 Å². The monoisotopic (exact) mass is 319 g/mol. The van der Waals surface area contributed by atoms with Crippen LogP contribution >= 0.6 is 0 Å². The summed E-state index contributed by atoms with van der Waals surface area (Å²) >= 11 is 0. The van der Waals surface area contributed by atoms with E-state index in [0.29, 0.717) is 38.2 Å². The van der Waals surface area contributed by atoms with E-state index in [2.05, 4.69) is 5.10 Å². The number of amides is 2. The quantitative estimate of drug-likeness (QED) is 0.725. The Morgan fingerprint density at radius 3 is 2.48 bits per heavy atom. The highest BCUT2D eigenvalue weighted by atomic mass is 16.6. The van der Waals surface area contributed by atoms with Gasteiger partial charge in [0.05, 0.1) is 18.0 Å². The number of ether oxygens (including phenoxy) is 1. The number of hydrogen-bond donors (Lipinski definition) is 0. The molecule has 1 aromatic heterocycles. The summed E-state index contributed by atoms with van der Waals surface area (Å²) in [5.74, 6) is 0. The average Bonchev–Trinajstić information content (AvgIpc) is 2.81. The molecular weight excluding hydrogens is 298 g/mol. The van der Waals surface area contributed by atoms with Gasteiger partial charge in [-0.3, -0.25) is 0 Å². The van der Waals surface area contributed by atoms with Crippen molar-refractivity contribution in [3.63, 3.8) is 0 Å². The smallest absolute Gasteiger partial charge is 0.410 e. The van der Waals surface area contributed by atoms with Crippen LogP contribution in [-0.2, 0) is 4.74 Å². The van der Waals surface area contributed by atoms with Crippen molar-refractivity contribution in [2.24, 2.45) is 0 Å². The maximum atomic E-state index is 12.4. The van der Waals surface area contributed by atoms with E-state index >= 15 is 0 Å². The van der Waals surface area contributed by atoms with Gasteiger partial charge in [-0.25, -0.2) is 9.59 Å². The zero-order valence-electron chi connectivity index (χ0n) is 13.7. The molecule has 23 heavy (non-hydrogen) atoms. The molecule has 0 atom stereocenters. The van der Waals surface area contributed by atoms with Crippen molar-refractivity contribution in [1.82, 2.24) is 19.6 Å². The summed E-state index contributed by atoms with van der Waals surface area (Å²) < 4.78 is 6.52. The van der Waals surface area contributed by atoms with E-state index in [9.17, 15) is 9.59 Å². The van der Waals surface area contributed by atoms with Gasteiger partial charge in [0.25, 0.3) is 0 Å². The third-order valence-corrected chi connectivity index (χ3v) is 3.33. The van der Waals surface area contributed by atoms with Crippen LogP contribution in [0.1, 0.15) is 32.8 Å². The molecule has 0 radical (unpaired) electrons. The molecule has 0 unspecified atom stereocenters. The molecule has 2 amide bonds. The van der Waals surface area contributed by atoms with E-state index in [0.717, 1.165) is 4.68 Å². The van der Waals surface area contributed by atoms with Crippen LogP contribution < -0.4 is 0 Å². The first-order chi connectivity index (χ1) is 10.8. The zero-order valence-corrected chi connectivity index (χ0v) is 13.7. The number of rotatable bonds is 0. The van der Waals surface area contributed by atoms with Crippen molar-refractivity contribution in [3.05, 3.63) is 18.0 Å². The first-order valence-electron chi connectivity index (χ1n) is 7.52. The predicted octanol–water partition coefficient (Wildman–Crippen LogP) is 1.67. The highest BCUT2D eigenvalue weighted by molar-refractivity contribution is 5.76. The molecule has 0 N–H and O–H groups in total. The van der Waals surface area contributed by atoms with Crippen molar-refractivity contribution in [2.45, 2.75) is 32.8 Å². The number of aromatic nitrogens is 2. The Balaban J connectivity index is 1.97. The molecular formula is C15H21N5O3. The molecule has 0 aromatic carbocycles. The minimum atomic E-state index is -0.540. The number of hydrogen-bond acceptors (Lipinski definition) is 5. The van der Waals surface area contributed by atoms with Gasteiger partial charge in [-0.15, -0.1) is 0 Å². The molecule has 1 saturated heterocycles. The highest BCUT2D eigenvalue weighted by Crippen LogP contribution is 2.12. The fraction of sp³-hybridized carbons (Fsp3) is 0.600. The van der Waals surface area contributed by atoms with Gasteiger partial charge >= 0.3 is 12.1 Å². The molecule has 2 heterocycles. The van der Waals surface area contributed by atoms with Crippen LogP contribution in [0.25, 0.3) is 0 Å². The molecule has 1 aliphatic rings. The summed E-state index contributed by atoms with van der Waals surface area (Å²) in [6, 6.07) is 1.64. The molecule has 1 aliphatic heterocycles. The summed E-state index contributed by atoms with van der Waals surface area (Å²) in [5.41, 5.74) is -0.203. The SMILES string of the molecule is CC(C)(C)OC(=O)N1CCCN(C(=O)n2cc(C#N)cn2)CC1. The number of carbonyl (C=O) groups excluding carboxylic acids is 2. The third-order valence-electron chi connectivity index (χ3n) is 3.33. The molecule has 0 aliphatic carbocycles. The lowest BCUT2D eigenvalue weighted by Gasteiger charge is -2.26. The van der Waals surface area contributed by atoms with Crippen LogP contribution in [0.15, 0.2) is 12.4 Å². The number of nitrogens with zero attached hydrogens (tertiary/aromatic N) is 5. The van der Waals surface area contributed by atoms with Gasteiger partial charge < -0.3 is 14.5 Å². The molecule has 124 valence electrons. The van der Waals surface area contributed by atoms with E-state index in [1.165, 1.54) is 12.4 Å². The zero-order chi connectivity index (χ0) is 17.0. The molecule has 0 bridgehead atoms. The lowest BCUT2D eigenvalue weighted by molar-refractivity contribution is 0.0258. The Hall–Kier alpha value is -2.56. The average molecular weight is 319 g/mol. The van der Waals surface area contributed by atoms with E-state index in [-0.39, 0.29) is 12.1 Å². The summed E-state index contributed by atoms with van der Waals surface area (Å²) in [6.07, 6.45) is 3.05. The van der Waals surface area contributed by atoms with Gasteiger partial charge in [-0.05, 0) is 27.2 Å². The second-order valence-corrected chi connectivity index (χ2v) is 6.38. The second kappa shape index (κ2) is 6.69. The maximum absolute atomic E-state index is 12.4. The van der Waals surface area contributed by atoms with Crippen LogP contribution in [0.4, 0.5) is 9.59 Å². The fourth-order valence-electron chi connectivity index (χ4n) is 2.25. The second-order valence-electron chi connectivity index (χ2n) is 6.38.